The lowest BCUT2D eigenvalue weighted by atomic mass is 10.2. The first kappa shape index (κ1) is 18.4. The van der Waals surface area contributed by atoms with Gasteiger partial charge in [0.25, 0.3) is 0 Å². The van der Waals surface area contributed by atoms with Crippen molar-refractivity contribution in [3.05, 3.63) is 29.3 Å². The molecule has 1 aliphatic carbocycles. The Balaban J connectivity index is 1.64. The molecule has 2 aliphatic rings. The zero-order chi connectivity index (χ0) is 18.2. The third-order valence-corrected chi connectivity index (χ3v) is 7.13. The van der Waals surface area contributed by atoms with Gasteiger partial charge in [0, 0.05) is 32.2 Å². The molecule has 0 aromatic heterocycles. The van der Waals surface area contributed by atoms with Crippen molar-refractivity contribution in [3.8, 4) is 0 Å². The van der Waals surface area contributed by atoms with Gasteiger partial charge in [0.2, 0.25) is 15.9 Å². The first-order valence-corrected chi connectivity index (χ1v) is 10.3. The van der Waals surface area contributed by atoms with Crippen LogP contribution in [0.25, 0.3) is 0 Å². The van der Waals surface area contributed by atoms with Crippen LogP contribution in [0, 0.1) is 13.8 Å². The second-order valence-corrected chi connectivity index (χ2v) is 9.07. The summed E-state index contributed by atoms with van der Waals surface area (Å²) in [5.41, 5.74) is 1.71. The Labute approximate surface area is 150 Å². The molecule has 1 atom stereocenters. The number of carbonyl (C=O) groups is 1. The molecular weight excluding hydrogens is 338 g/mol. The maximum Gasteiger partial charge on any atom is 0.243 e. The third kappa shape index (κ3) is 4.04. The smallest absolute Gasteiger partial charge is 0.243 e. The summed E-state index contributed by atoms with van der Waals surface area (Å²) in [7, 11) is -3.49. The molecule has 1 aromatic carbocycles. The third-order valence-electron chi connectivity index (χ3n) is 5.09. The van der Waals surface area contributed by atoms with Crippen molar-refractivity contribution in [2.75, 3.05) is 26.2 Å². The average molecular weight is 365 g/mol. The van der Waals surface area contributed by atoms with Gasteiger partial charge in [0.15, 0.2) is 0 Å². The number of carbonyl (C=O) groups excluding carboxylic acids is 1. The monoisotopic (exact) mass is 365 g/mol. The summed E-state index contributed by atoms with van der Waals surface area (Å²) < 4.78 is 27.4. The van der Waals surface area contributed by atoms with E-state index in [4.69, 9.17) is 0 Å². The van der Waals surface area contributed by atoms with Crippen molar-refractivity contribution >= 4 is 15.9 Å². The van der Waals surface area contributed by atoms with Crippen LogP contribution in [0.2, 0.25) is 0 Å². The van der Waals surface area contributed by atoms with Gasteiger partial charge in [-0.2, -0.15) is 4.31 Å². The fourth-order valence-electron chi connectivity index (χ4n) is 3.17. The quantitative estimate of drug-likeness (QED) is 0.853. The van der Waals surface area contributed by atoms with Gasteiger partial charge in [-0.3, -0.25) is 9.69 Å². The number of aryl methyl sites for hydroxylation is 2. The van der Waals surface area contributed by atoms with Crippen LogP contribution in [0.15, 0.2) is 23.1 Å². The van der Waals surface area contributed by atoms with Crippen molar-refractivity contribution < 1.29 is 13.2 Å². The summed E-state index contributed by atoms with van der Waals surface area (Å²) in [5.74, 6) is 0.0494. The van der Waals surface area contributed by atoms with E-state index in [0.717, 1.165) is 24.0 Å². The minimum atomic E-state index is -3.49. The maximum absolute atomic E-state index is 13.0. The molecule has 1 N–H and O–H groups in total. The molecule has 2 fully saturated rings. The molecule has 1 saturated heterocycles. The fraction of sp³-hybridized carbons (Fsp3) is 0.611. The zero-order valence-electron chi connectivity index (χ0n) is 15.2. The summed E-state index contributed by atoms with van der Waals surface area (Å²) in [6.07, 6.45) is 2.14. The topological polar surface area (TPSA) is 69.7 Å². The Morgan fingerprint density at radius 3 is 2.40 bits per heavy atom. The predicted octanol–water partition coefficient (Wildman–Crippen LogP) is 1.28. The Bertz CT molecular complexity index is 751. The lowest BCUT2D eigenvalue weighted by Crippen LogP contribution is -2.55. The second kappa shape index (κ2) is 7.05. The van der Waals surface area contributed by atoms with Crippen LogP contribution in [0.5, 0.6) is 0 Å². The first-order chi connectivity index (χ1) is 11.8. The number of benzene rings is 1. The summed E-state index contributed by atoms with van der Waals surface area (Å²) >= 11 is 0. The zero-order valence-corrected chi connectivity index (χ0v) is 16.0. The Kier molecular flexibility index (Phi) is 5.18. The highest BCUT2D eigenvalue weighted by Gasteiger charge is 2.33. The second-order valence-electron chi connectivity index (χ2n) is 7.17. The summed E-state index contributed by atoms with van der Waals surface area (Å²) in [5, 5.41) is 3.02. The van der Waals surface area contributed by atoms with E-state index in [1.165, 1.54) is 4.31 Å². The molecule has 0 radical (unpaired) electrons. The number of hydrogen-bond donors (Lipinski definition) is 1. The van der Waals surface area contributed by atoms with Gasteiger partial charge in [0.05, 0.1) is 10.9 Å². The van der Waals surface area contributed by atoms with Gasteiger partial charge in [0.1, 0.15) is 0 Å². The molecule has 25 heavy (non-hydrogen) atoms. The molecule has 0 spiro atoms. The van der Waals surface area contributed by atoms with E-state index in [0.29, 0.717) is 37.1 Å². The van der Waals surface area contributed by atoms with Gasteiger partial charge < -0.3 is 5.32 Å². The number of sulfonamides is 1. The molecule has 7 heteroatoms. The number of nitrogens with one attached hydrogen (secondary N) is 1. The van der Waals surface area contributed by atoms with Crippen molar-refractivity contribution in [1.82, 2.24) is 14.5 Å². The van der Waals surface area contributed by atoms with Gasteiger partial charge in [-0.05, 0) is 50.8 Å². The van der Waals surface area contributed by atoms with Crippen LogP contribution in [0.1, 0.15) is 30.9 Å². The molecule has 0 bridgehead atoms. The Morgan fingerprint density at radius 1 is 1.16 bits per heavy atom. The van der Waals surface area contributed by atoms with Crippen LogP contribution in [0.4, 0.5) is 0 Å². The number of piperazine rings is 1. The van der Waals surface area contributed by atoms with E-state index in [2.05, 4.69) is 10.2 Å². The highest BCUT2D eigenvalue weighted by Crippen LogP contribution is 2.23. The standard InChI is InChI=1S/C18H27N3O3S/c1-13-4-5-14(2)17(12-13)25(23,24)21-10-8-20(9-11-21)15(3)18(22)19-16-6-7-16/h4-5,12,15-16H,6-11H2,1-3H3,(H,19,22). The molecule has 1 saturated carbocycles. The van der Waals surface area contributed by atoms with E-state index < -0.39 is 10.0 Å². The van der Waals surface area contributed by atoms with Gasteiger partial charge in [-0.25, -0.2) is 8.42 Å². The van der Waals surface area contributed by atoms with Gasteiger partial charge in [-0.15, -0.1) is 0 Å². The van der Waals surface area contributed by atoms with E-state index in [9.17, 15) is 13.2 Å². The van der Waals surface area contributed by atoms with Crippen LogP contribution >= 0.6 is 0 Å². The largest absolute Gasteiger partial charge is 0.352 e. The maximum atomic E-state index is 13.0. The van der Waals surface area contributed by atoms with Gasteiger partial charge >= 0.3 is 0 Å². The predicted molar refractivity (Wildman–Crippen MR) is 96.9 cm³/mol. The molecular formula is C18H27N3O3S. The molecule has 1 amide bonds. The minimum Gasteiger partial charge on any atom is -0.352 e. The lowest BCUT2D eigenvalue weighted by Gasteiger charge is -2.37. The highest BCUT2D eigenvalue weighted by molar-refractivity contribution is 7.89. The van der Waals surface area contributed by atoms with Crippen LogP contribution < -0.4 is 5.32 Å². The summed E-state index contributed by atoms with van der Waals surface area (Å²) in [4.78, 5) is 14.6. The van der Waals surface area contributed by atoms with Crippen LogP contribution in [0.3, 0.4) is 0 Å². The average Bonchev–Trinajstić information content (AvgIpc) is 3.40. The number of hydrogen-bond acceptors (Lipinski definition) is 4. The summed E-state index contributed by atoms with van der Waals surface area (Å²) in [6.45, 7) is 7.59. The molecule has 1 unspecified atom stereocenters. The SMILES string of the molecule is Cc1ccc(C)c(S(=O)(=O)N2CCN(C(C)C(=O)NC3CC3)CC2)c1. The van der Waals surface area contributed by atoms with Crippen LogP contribution in [-0.2, 0) is 14.8 Å². The van der Waals surface area contributed by atoms with Gasteiger partial charge in [-0.1, -0.05) is 12.1 Å². The lowest BCUT2D eigenvalue weighted by molar-refractivity contribution is -0.126. The molecule has 3 rings (SSSR count). The van der Waals surface area contributed by atoms with Crippen molar-refractivity contribution in [3.63, 3.8) is 0 Å². The van der Waals surface area contributed by atoms with E-state index in [1.807, 2.05) is 32.9 Å². The molecule has 1 aliphatic heterocycles. The summed E-state index contributed by atoms with van der Waals surface area (Å²) in [6, 6.07) is 5.64. The highest BCUT2D eigenvalue weighted by atomic mass is 32.2. The first-order valence-electron chi connectivity index (χ1n) is 8.91. The van der Waals surface area contributed by atoms with Crippen LogP contribution in [-0.4, -0.2) is 61.8 Å². The van der Waals surface area contributed by atoms with Crippen molar-refractivity contribution in [2.24, 2.45) is 0 Å². The molecule has 1 heterocycles. The molecule has 6 nitrogen and oxygen atoms in total. The normalized spacial score (nSPS) is 21.1. The number of rotatable bonds is 5. The van der Waals surface area contributed by atoms with E-state index >= 15 is 0 Å². The molecule has 1 aromatic rings. The van der Waals surface area contributed by atoms with E-state index in [1.54, 1.807) is 6.07 Å². The van der Waals surface area contributed by atoms with E-state index in [-0.39, 0.29) is 11.9 Å². The van der Waals surface area contributed by atoms with Crippen molar-refractivity contribution in [1.29, 1.82) is 0 Å². The fourth-order valence-corrected chi connectivity index (χ4v) is 4.90. The number of nitrogens with zero attached hydrogens (tertiary/aromatic N) is 2. The van der Waals surface area contributed by atoms with Crippen molar-refractivity contribution in [2.45, 2.75) is 50.6 Å². The minimum absolute atomic E-state index is 0.0494. The Morgan fingerprint density at radius 2 is 1.80 bits per heavy atom. The number of amides is 1. The Hall–Kier alpha value is -1.44. The molecule has 138 valence electrons.